The van der Waals surface area contributed by atoms with Gasteiger partial charge in [0.1, 0.15) is 13.2 Å². The molecule has 0 heterocycles. The molecule has 0 aromatic rings. The zero-order valence-corrected chi connectivity index (χ0v) is 59.4. The van der Waals surface area contributed by atoms with E-state index in [9.17, 15) is 19.4 Å². The molecule has 2 N–H and O–H groups in total. The molecule has 510 valence electrons. The minimum atomic E-state index is -4.62. The van der Waals surface area contributed by atoms with Crippen LogP contribution in [0.15, 0.2) is 72.9 Å². The second kappa shape index (κ2) is 68.3. The first kappa shape index (κ1) is 84.9. The Morgan fingerprint density at radius 2 is 0.678 bits per heavy atom. The summed E-state index contributed by atoms with van der Waals surface area (Å²) in [7, 11) is 1.25. The van der Waals surface area contributed by atoms with Crippen LogP contribution in [0.2, 0.25) is 0 Å². The van der Waals surface area contributed by atoms with Gasteiger partial charge in [0.25, 0.3) is 7.82 Å². The van der Waals surface area contributed by atoms with Crippen LogP contribution in [0.25, 0.3) is 0 Å². The third-order valence-corrected chi connectivity index (χ3v) is 18.1. The van der Waals surface area contributed by atoms with Crippen LogP contribution in [0, 0.1) is 0 Å². The van der Waals surface area contributed by atoms with Gasteiger partial charge in [0.05, 0.1) is 39.9 Å². The molecule has 1 amide bonds. The van der Waals surface area contributed by atoms with Crippen LogP contribution < -0.4 is 10.2 Å². The number of likely N-dealkylation sites (N-methyl/N-ethyl adjacent to an activating group) is 1. The number of nitrogens with one attached hydrogen (secondary N) is 1. The van der Waals surface area contributed by atoms with Crippen LogP contribution in [0.4, 0.5) is 0 Å². The number of amides is 1. The second-order valence-electron chi connectivity index (χ2n) is 27.0. The van der Waals surface area contributed by atoms with Crippen molar-refractivity contribution in [2.45, 2.75) is 379 Å². The Hall–Kier alpha value is -2.06. The molecular weight excluding hydrogens is 1090 g/mol. The highest BCUT2D eigenvalue weighted by Crippen LogP contribution is 2.38. The summed E-state index contributed by atoms with van der Waals surface area (Å²) in [4.78, 5) is 25.7. The predicted molar refractivity (Wildman–Crippen MR) is 380 cm³/mol. The first-order valence-electron chi connectivity index (χ1n) is 37.8. The van der Waals surface area contributed by atoms with Gasteiger partial charge in [0, 0.05) is 6.42 Å². The fraction of sp³-hybridized carbons (Fsp3) is 0.833. The molecule has 3 unspecified atom stereocenters. The largest absolute Gasteiger partial charge is 0.756 e. The topological polar surface area (TPSA) is 108 Å². The third kappa shape index (κ3) is 71.2. The maximum absolute atomic E-state index is 13.0. The molecule has 87 heavy (non-hydrogen) atoms. The number of unbranched alkanes of at least 4 members (excludes halogenated alkanes) is 47. The van der Waals surface area contributed by atoms with Crippen LogP contribution in [-0.4, -0.2) is 68.5 Å². The van der Waals surface area contributed by atoms with Crippen molar-refractivity contribution in [1.82, 2.24) is 5.32 Å². The van der Waals surface area contributed by atoms with Gasteiger partial charge in [0.2, 0.25) is 5.91 Å². The van der Waals surface area contributed by atoms with Crippen molar-refractivity contribution in [2.24, 2.45) is 0 Å². The van der Waals surface area contributed by atoms with Crippen molar-refractivity contribution in [3.8, 4) is 0 Å². The van der Waals surface area contributed by atoms with Gasteiger partial charge in [0.15, 0.2) is 0 Å². The van der Waals surface area contributed by atoms with Crippen LogP contribution >= 0.6 is 7.82 Å². The molecular formula is C78H147N2O6P. The lowest BCUT2D eigenvalue weighted by Crippen LogP contribution is -2.45. The average molecular weight is 1240 g/mol. The number of hydrogen-bond donors (Lipinski definition) is 2. The number of aliphatic hydroxyl groups excluding tert-OH is 1. The van der Waals surface area contributed by atoms with Crippen molar-refractivity contribution in [3.63, 3.8) is 0 Å². The number of nitrogens with zero attached hydrogens (tertiary/aromatic N) is 1. The van der Waals surface area contributed by atoms with Crippen LogP contribution in [0.3, 0.4) is 0 Å². The zero-order chi connectivity index (χ0) is 63.4. The Morgan fingerprint density at radius 3 is 1.01 bits per heavy atom. The predicted octanol–water partition coefficient (Wildman–Crippen LogP) is 23.9. The Bertz CT molecular complexity index is 1650. The summed E-state index contributed by atoms with van der Waals surface area (Å²) in [6.45, 7) is 4.65. The highest BCUT2D eigenvalue weighted by molar-refractivity contribution is 7.45. The van der Waals surface area contributed by atoms with E-state index in [1.54, 1.807) is 6.08 Å². The molecule has 9 heteroatoms. The molecule has 0 saturated heterocycles. The molecule has 0 bridgehead atoms. The number of phosphoric ester groups is 1. The van der Waals surface area contributed by atoms with Gasteiger partial charge in [-0.2, -0.15) is 0 Å². The van der Waals surface area contributed by atoms with E-state index in [-0.39, 0.29) is 12.5 Å². The van der Waals surface area contributed by atoms with E-state index in [4.69, 9.17) is 9.05 Å². The maximum Gasteiger partial charge on any atom is 0.268 e. The summed E-state index contributed by atoms with van der Waals surface area (Å²) in [5.41, 5.74) is 0. The fourth-order valence-electron chi connectivity index (χ4n) is 11.3. The van der Waals surface area contributed by atoms with Crippen LogP contribution in [0.5, 0.6) is 0 Å². The number of rotatable bonds is 70. The highest BCUT2D eigenvalue weighted by Gasteiger charge is 2.23. The quantitative estimate of drug-likeness (QED) is 0.0272. The van der Waals surface area contributed by atoms with E-state index in [0.717, 1.165) is 57.8 Å². The molecule has 0 rings (SSSR count). The van der Waals surface area contributed by atoms with Gasteiger partial charge in [-0.15, -0.1) is 0 Å². The Kier molecular flexibility index (Phi) is 66.7. The number of quaternary nitrogens is 1. The average Bonchev–Trinajstić information content (AvgIpc) is 3.69. The first-order chi connectivity index (χ1) is 42.5. The minimum absolute atomic E-state index is 0.00905. The molecule has 0 aliphatic carbocycles. The standard InChI is InChI=1S/C78H147N2O6P/c1-6-8-10-12-14-16-18-20-22-24-26-28-30-32-34-35-36-37-38-39-40-41-42-43-44-45-46-48-50-52-54-56-58-60-62-64-66-68-70-72-78(82)79-76(75-86-87(83,84)85-74-73-80(3,4)5)77(81)71-69-67-65-63-61-59-57-55-53-51-49-47-33-31-29-27-25-23-21-19-17-15-13-11-9-7-2/h18,20,24,26,30,32,53,55,61,63,69,71,76-77,81H,6-17,19,21-23,25,27-29,31,33-52,54,56-60,62,64-68,70,72-75H2,1-5H3,(H-,79,82,83,84)/b20-18-,26-24-,32-30-,55-53+,63-61+,71-69+. The van der Waals surface area contributed by atoms with Crippen molar-refractivity contribution < 1.29 is 32.9 Å². The Morgan fingerprint density at radius 1 is 0.402 bits per heavy atom. The first-order valence-corrected chi connectivity index (χ1v) is 39.3. The molecule has 0 spiro atoms. The van der Waals surface area contributed by atoms with E-state index < -0.39 is 26.6 Å². The van der Waals surface area contributed by atoms with E-state index in [0.29, 0.717) is 17.4 Å². The van der Waals surface area contributed by atoms with Crippen LogP contribution in [-0.2, 0) is 18.4 Å². The third-order valence-electron chi connectivity index (χ3n) is 17.1. The van der Waals surface area contributed by atoms with Gasteiger partial charge >= 0.3 is 0 Å². The number of hydrogen-bond acceptors (Lipinski definition) is 6. The van der Waals surface area contributed by atoms with Crippen molar-refractivity contribution in [1.29, 1.82) is 0 Å². The highest BCUT2D eigenvalue weighted by atomic mass is 31.2. The van der Waals surface area contributed by atoms with E-state index in [2.05, 4.69) is 79.9 Å². The van der Waals surface area contributed by atoms with Gasteiger partial charge in [-0.05, 0) is 83.5 Å². The summed E-state index contributed by atoms with van der Waals surface area (Å²) < 4.78 is 23.5. The Labute approximate surface area is 542 Å². The van der Waals surface area contributed by atoms with E-state index in [1.807, 2.05) is 27.2 Å². The second-order valence-corrected chi connectivity index (χ2v) is 28.4. The molecule has 0 aromatic heterocycles. The van der Waals surface area contributed by atoms with Crippen molar-refractivity contribution in [2.75, 3.05) is 40.9 Å². The number of aliphatic hydroxyl groups is 1. The number of carbonyl (C=O) groups excluding carboxylic acids is 1. The van der Waals surface area contributed by atoms with Gasteiger partial charge in [-0.25, -0.2) is 0 Å². The summed E-state index contributed by atoms with van der Waals surface area (Å²) >= 11 is 0. The molecule has 8 nitrogen and oxygen atoms in total. The summed E-state index contributed by atoms with van der Waals surface area (Å²) in [5.74, 6) is -0.206. The lowest BCUT2D eigenvalue weighted by molar-refractivity contribution is -0.870. The fourth-order valence-corrected chi connectivity index (χ4v) is 12.0. The lowest BCUT2D eigenvalue weighted by Gasteiger charge is -2.29. The van der Waals surface area contributed by atoms with E-state index in [1.165, 1.54) is 289 Å². The smallest absolute Gasteiger partial charge is 0.268 e. The molecule has 0 aliphatic rings. The van der Waals surface area contributed by atoms with Gasteiger partial charge in [-0.1, -0.05) is 350 Å². The van der Waals surface area contributed by atoms with Crippen molar-refractivity contribution in [3.05, 3.63) is 72.9 Å². The lowest BCUT2D eigenvalue weighted by atomic mass is 10.0. The number of allylic oxidation sites excluding steroid dienone is 11. The summed E-state index contributed by atoms with van der Waals surface area (Å²) in [6, 6.07) is -0.913. The number of phosphoric acid groups is 1. The molecule has 3 atom stereocenters. The molecule has 0 radical (unpaired) electrons. The summed E-state index contributed by atoms with van der Waals surface area (Å²) in [5, 5.41) is 14.0. The van der Waals surface area contributed by atoms with E-state index >= 15 is 0 Å². The maximum atomic E-state index is 13.0. The number of carbonyl (C=O) groups is 1. The molecule has 0 fully saturated rings. The molecule has 0 aromatic carbocycles. The van der Waals surface area contributed by atoms with Gasteiger partial charge in [-0.3, -0.25) is 9.36 Å². The zero-order valence-electron chi connectivity index (χ0n) is 58.5. The SMILES string of the molecule is CCCCCCC/C=C\C/C=C\C/C=C\CCCCCCCCCCCCCCCCCCCCCCCCCCC(=O)NC(COP(=O)([O-])OCC[N+](C)(C)C)C(O)/C=C/CC/C=C/CC/C=C/CCCCCCCCCCCCCCCCCC. The van der Waals surface area contributed by atoms with Crippen molar-refractivity contribution >= 4 is 13.7 Å². The van der Waals surface area contributed by atoms with Gasteiger partial charge < -0.3 is 28.8 Å². The minimum Gasteiger partial charge on any atom is -0.756 e. The summed E-state index contributed by atoms with van der Waals surface area (Å²) in [6.07, 6.45) is 96.3. The molecule has 0 saturated carbocycles. The normalized spacial score (nSPS) is 14.0. The molecule has 0 aliphatic heterocycles. The Balaban J connectivity index is 4.01. The van der Waals surface area contributed by atoms with Crippen LogP contribution in [0.1, 0.15) is 367 Å². The monoisotopic (exact) mass is 1240 g/mol.